The molecule has 53 heavy (non-hydrogen) atoms. The van der Waals surface area contributed by atoms with E-state index in [2.05, 4.69) is 10.6 Å². The number of amides is 2. The number of hydrogen-bond donors (Lipinski definition) is 4. The molecule has 6 rings (SSSR count). The molecule has 1 saturated carbocycles. The molecule has 0 aliphatic heterocycles. The van der Waals surface area contributed by atoms with E-state index in [4.69, 9.17) is 5.11 Å². The number of carboxylic acid groups (broad SMARTS) is 2. The lowest BCUT2D eigenvalue weighted by atomic mass is 9.86. The molecule has 1 fully saturated rings. The van der Waals surface area contributed by atoms with Crippen LogP contribution in [0, 0.1) is 5.92 Å². The molecule has 3 aromatic carbocycles. The molecule has 11 nitrogen and oxygen atoms in total. The first-order valence-corrected chi connectivity index (χ1v) is 20.2. The Kier molecular flexibility index (Phi) is 11.8. The Bertz CT molecular complexity index is 2100. The van der Waals surface area contributed by atoms with Gasteiger partial charge < -0.3 is 20.8 Å². The number of carbonyl (C=O) groups is 4. The van der Waals surface area contributed by atoms with Crippen molar-refractivity contribution in [2.45, 2.75) is 82.1 Å². The highest BCUT2D eigenvalue weighted by Crippen LogP contribution is 2.39. The van der Waals surface area contributed by atoms with Gasteiger partial charge in [0, 0.05) is 28.7 Å². The molecular formula is C40H43N3O8S2. The summed E-state index contributed by atoms with van der Waals surface area (Å²) in [6.07, 6.45) is 6.63. The van der Waals surface area contributed by atoms with E-state index in [1.54, 1.807) is 25.1 Å². The van der Waals surface area contributed by atoms with Crippen molar-refractivity contribution in [2.24, 2.45) is 5.92 Å². The molecule has 2 aliphatic carbocycles. The van der Waals surface area contributed by atoms with Crippen LogP contribution in [0.15, 0.2) is 77.7 Å². The third-order valence-electron chi connectivity index (χ3n) is 10.2. The molecule has 13 heteroatoms. The number of thiophene rings is 1. The number of aliphatic carboxylic acids is 1. The smallest absolute Gasteiger partial charge is 0.335 e. The number of hydrogen-bond acceptors (Lipinski definition) is 7. The Hall–Kier alpha value is -4.85. The van der Waals surface area contributed by atoms with Crippen molar-refractivity contribution >= 4 is 55.8 Å². The summed E-state index contributed by atoms with van der Waals surface area (Å²) in [6, 6.07) is 19.9. The molecule has 0 unspecified atom stereocenters. The van der Waals surface area contributed by atoms with Gasteiger partial charge in [0.2, 0.25) is 10.0 Å². The predicted molar refractivity (Wildman–Crippen MR) is 204 cm³/mol. The van der Waals surface area contributed by atoms with Gasteiger partial charge in [0.15, 0.2) is 0 Å². The highest BCUT2D eigenvalue weighted by atomic mass is 32.2. The maximum atomic E-state index is 13.8. The Morgan fingerprint density at radius 3 is 2.06 bits per heavy atom. The minimum atomic E-state index is -3.98. The van der Waals surface area contributed by atoms with Gasteiger partial charge in [0.05, 0.1) is 21.9 Å². The zero-order chi connectivity index (χ0) is 37.7. The van der Waals surface area contributed by atoms with Gasteiger partial charge in [0.25, 0.3) is 11.8 Å². The molecule has 4 aromatic rings. The highest BCUT2D eigenvalue weighted by Gasteiger charge is 2.35. The number of carbonyl (C=O) groups excluding carboxylic acids is 2. The molecular weight excluding hydrogens is 715 g/mol. The van der Waals surface area contributed by atoms with E-state index in [0.717, 1.165) is 53.7 Å². The predicted octanol–water partition coefficient (Wildman–Crippen LogP) is 7.27. The maximum Gasteiger partial charge on any atom is 0.335 e. The van der Waals surface area contributed by atoms with Crippen molar-refractivity contribution in [1.82, 2.24) is 4.31 Å². The molecule has 278 valence electrons. The van der Waals surface area contributed by atoms with Crippen LogP contribution in [0.5, 0.6) is 0 Å². The second-order valence-electron chi connectivity index (χ2n) is 13.6. The van der Waals surface area contributed by atoms with Crippen LogP contribution in [0.2, 0.25) is 0 Å². The highest BCUT2D eigenvalue weighted by molar-refractivity contribution is 7.89. The first kappa shape index (κ1) is 37.9. The summed E-state index contributed by atoms with van der Waals surface area (Å²) in [7, 11) is -3.98. The number of aromatic carboxylic acids is 1. The zero-order valence-electron chi connectivity index (χ0n) is 29.5. The van der Waals surface area contributed by atoms with Crippen molar-refractivity contribution in [2.75, 3.05) is 17.2 Å². The summed E-state index contributed by atoms with van der Waals surface area (Å²) < 4.78 is 29.1. The lowest BCUT2D eigenvalue weighted by molar-refractivity contribution is -0.143. The van der Waals surface area contributed by atoms with Crippen molar-refractivity contribution in [3.05, 3.63) is 111 Å². The van der Waals surface area contributed by atoms with Crippen LogP contribution in [0.4, 0.5) is 10.7 Å². The van der Waals surface area contributed by atoms with Gasteiger partial charge in [-0.1, -0.05) is 37.3 Å². The number of carboxylic acids is 2. The molecule has 2 amide bonds. The third-order valence-corrected chi connectivity index (χ3v) is 13.4. The molecule has 0 bridgehead atoms. The summed E-state index contributed by atoms with van der Waals surface area (Å²) >= 11 is 1.38. The molecule has 0 spiro atoms. The van der Waals surface area contributed by atoms with E-state index >= 15 is 0 Å². The first-order chi connectivity index (χ1) is 25.4. The lowest BCUT2D eigenvalue weighted by Gasteiger charge is -2.34. The van der Waals surface area contributed by atoms with E-state index in [0.29, 0.717) is 48.4 Å². The normalized spacial score (nSPS) is 17.2. The van der Waals surface area contributed by atoms with Gasteiger partial charge in [-0.3, -0.25) is 14.4 Å². The van der Waals surface area contributed by atoms with Gasteiger partial charge in [-0.25, -0.2) is 13.2 Å². The van der Waals surface area contributed by atoms with Gasteiger partial charge in [0.1, 0.15) is 5.00 Å². The summed E-state index contributed by atoms with van der Waals surface area (Å²) in [5.74, 6) is -3.14. The Morgan fingerprint density at radius 1 is 0.792 bits per heavy atom. The van der Waals surface area contributed by atoms with Crippen molar-refractivity contribution < 1.29 is 37.8 Å². The minimum absolute atomic E-state index is 0.0182. The fourth-order valence-electron chi connectivity index (χ4n) is 7.29. The molecule has 1 aromatic heterocycles. The quantitative estimate of drug-likeness (QED) is 0.110. The van der Waals surface area contributed by atoms with Crippen LogP contribution in [0.25, 0.3) is 0 Å². The summed E-state index contributed by atoms with van der Waals surface area (Å²) in [5.41, 5.74) is 4.42. The van der Waals surface area contributed by atoms with Crippen LogP contribution < -0.4 is 10.6 Å². The van der Waals surface area contributed by atoms with Gasteiger partial charge in [-0.2, -0.15) is 4.31 Å². The number of aryl methyl sites for hydroxylation is 3. The molecule has 4 N–H and O–H groups in total. The Balaban J connectivity index is 1.15. The minimum Gasteiger partial charge on any atom is -0.481 e. The number of rotatable bonds is 13. The largest absolute Gasteiger partial charge is 0.481 e. The fraction of sp³-hybridized carbons (Fsp3) is 0.350. The average molecular weight is 758 g/mol. The average Bonchev–Trinajstić information content (AvgIpc) is 3.53. The van der Waals surface area contributed by atoms with E-state index < -0.39 is 33.8 Å². The van der Waals surface area contributed by atoms with Crippen molar-refractivity contribution in [1.29, 1.82) is 0 Å². The summed E-state index contributed by atoms with van der Waals surface area (Å²) in [5, 5.41) is 24.8. The monoisotopic (exact) mass is 757 g/mol. The topological polar surface area (TPSA) is 170 Å². The second kappa shape index (κ2) is 16.4. The van der Waals surface area contributed by atoms with Crippen LogP contribution in [0.3, 0.4) is 0 Å². The van der Waals surface area contributed by atoms with Crippen LogP contribution in [0.1, 0.15) is 98.1 Å². The van der Waals surface area contributed by atoms with Crippen molar-refractivity contribution in [3.8, 4) is 0 Å². The number of nitrogens with one attached hydrogen (secondary N) is 2. The van der Waals surface area contributed by atoms with E-state index in [9.17, 15) is 32.7 Å². The Morgan fingerprint density at radius 2 is 1.43 bits per heavy atom. The number of benzene rings is 3. The molecule has 0 radical (unpaired) electrons. The number of nitrogens with zero attached hydrogens (tertiary/aromatic N) is 1. The van der Waals surface area contributed by atoms with Gasteiger partial charge in [-0.05, 0) is 123 Å². The summed E-state index contributed by atoms with van der Waals surface area (Å²) in [4.78, 5) is 51.1. The van der Waals surface area contributed by atoms with E-state index in [1.807, 2.05) is 36.4 Å². The zero-order valence-corrected chi connectivity index (χ0v) is 31.1. The number of anilines is 2. The molecule has 1 heterocycles. The molecule has 0 atom stereocenters. The van der Waals surface area contributed by atoms with Gasteiger partial charge >= 0.3 is 11.9 Å². The van der Waals surface area contributed by atoms with E-state index in [1.165, 1.54) is 33.8 Å². The number of sulfonamides is 1. The first-order valence-electron chi connectivity index (χ1n) is 18.0. The van der Waals surface area contributed by atoms with Crippen LogP contribution in [-0.2, 0) is 40.5 Å². The van der Waals surface area contributed by atoms with Crippen LogP contribution in [-0.4, -0.2) is 59.3 Å². The third kappa shape index (κ3) is 8.69. The standard InChI is InChI=1S/C40H43N3O8S2/c1-2-43(31-22-18-28(19-23-31)40(48)49)53(50,51)32-7-5-6-29(24-32)36(44)42-38-35(33-8-3-4-9-34(33)52-38)37(45)41-30-20-14-26(15-21-30)11-10-25-12-16-27(17-13-25)39(46)47/h5-7,12-17,20-21,24,28,31H,2-4,8-11,18-19,22-23H2,1H3,(H,41,45)(H,42,44)(H,46,47)(H,48,49)/t28-,31-. The molecule has 0 saturated heterocycles. The second-order valence-corrected chi connectivity index (χ2v) is 16.6. The number of fused-ring (bicyclic) bond motifs is 1. The van der Waals surface area contributed by atoms with E-state index in [-0.39, 0.29) is 34.5 Å². The van der Waals surface area contributed by atoms with Crippen molar-refractivity contribution in [3.63, 3.8) is 0 Å². The fourth-order valence-corrected chi connectivity index (χ4v) is 10.3. The summed E-state index contributed by atoms with van der Waals surface area (Å²) in [6.45, 7) is 1.97. The lowest BCUT2D eigenvalue weighted by Crippen LogP contribution is -2.42. The van der Waals surface area contributed by atoms with Crippen LogP contribution >= 0.6 is 11.3 Å². The Labute approximate surface area is 313 Å². The SMILES string of the molecule is CCN([C@H]1CC[C@H](C(=O)O)CC1)S(=O)(=O)c1cccc(C(=O)Nc2sc3c(c2C(=O)Nc2ccc(CCc4ccc(C(=O)O)cc4)cc2)CCCC3)c1. The molecule has 2 aliphatic rings. The maximum absolute atomic E-state index is 13.8. The van der Waals surface area contributed by atoms with Gasteiger partial charge in [-0.15, -0.1) is 11.3 Å².